The van der Waals surface area contributed by atoms with Gasteiger partial charge in [-0.15, -0.1) is 0 Å². The summed E-state index contributed by atoms with van der Waals surface area (Å²) >= 11 is 6.53. The largest absolute Gasteiger partial charge is 0.478 e. The molecule has 2 aromatic rings. The maximum atomic E-state index is 12.0. The molecule has 6 rings (SSSR count). The Kier molecular flexibility index (Phi) is 5.44. The van der Waals surface area contributed by atoms with E-state index in [9.17, 15) is 9.90 Å². The lowest BCUT2D eigenvalue weighted by atomic mass is 9.84. The van der Waals surface area contributed by atoms with Crippen molar-refractivity contribution < 1.29 is 9.90 Å². The molecule has 2 aromatic carbocycles. The summed E-state index contributed by atoms with van der Waals surface area (Å²) in [7, 11) is 0. The number of nitrogens with zero attached hydrogens (tertiary/aromatic N) is 2. The maximum Gasteiger partial charge on any atom is 0.336 e. The Morgan fingerprint density at radius 1 is 1.13 bits per heavy atom. The SMILES string of the molecule is O=C(O)c1cccc2c1[C@H](CCNC1CN3CCC1CC3)N(c1ccccc1Cl)C2. The number of fused-ring (bicyclic) bond motifs is 4. The monoisotopic (exact) mass is 425 g/mol. The molecule has 0 aromatic heterocycles. The summed E-state index contributed by atoms with van der Waals surface area (Å²) in [6, 6.07) is 14.0. The lowest BCUT2D eigenvalue weighted by Crippen LogP contribution is -2.56. The minimum absolute atomic E-state index is 0.000726. The summed E-state index contributed by atoms with van der Waals surface area (Å²) in [5.41, 5.74) is 3.41. The van der Waals surface area contributed by atoms with Crippen molar-refractivity contribution in [1.29, 1.82) is 0 Å². The zero-order valence-corrected chi connectivity index (χ0v) is 17.8. The summed E-state index contributed by atoms with van der Waals surface area (Å²) in [5.74, 6) is -0.0803. The van der Waals surface area contributed by atoms with Crippen LogP contribution >= 0.6 is 11.6 Å². The molecule has 6 heteroatoms. The smallest absolute Gasteiger partial charge is 0.336 e. The fourth-order valence-electron chi connectivity index (χ4n) is 5.62. The Morgan fingerprint density at radius 2 is 1.93 bits per heavy atom. The number of anilines is 1. The molecule has 0 radical (unpaired) electrons. The molecule has 3 saturated heterocycles. The molecule has 2 bridgehead atoms. The van der Waals surface area contributed by atoms with Crippen LogP contribution in [0.5, 0.6) is 0 Å². The first kappa shape index (κ1) is 19.9. The molecular weight excluding hydrogens is 398 g/mol. The van der Waals surface area contributed by atoms with E-state index in [2.05, 4.69) is 15.1 Å². The number of carbonyl (C=O) groups is 1. The van der Waals surface area contributed by atoms with Crippen molar-refractivity contribution in [3.8, 4) is 0 Å². The van der Waals surface area contributed by atoms with E-state index in [4.69, 9.17) is 11.6 Å². The van der Waals surface area contributed by atoms with Gasteiger partial charge in [-0.25, -0.2) is 4.79 Å². The van der Waals surface area contributed by atoms with Crippen LogP contribution in [0.3, 0.4) is 0 Å². The second-order valence-corrected chi connectivity index (χ2v) is 9.17. The number of carboxylic acids is 1. The number of hydrogen-bond donors (Lipinski definition) is 2. The first-order valence-corrected chi connectivity index (χ1v) is 11.3. The van der Waals surface area contributed by atoms with Gasteiger partial charge in [0.15, 0.2) is 0 Å². The number of piperidine rings is 3. The first-order chi connectivity index (χ1) is 14.6. The highest BCUT2D eigenvalue weighted by molar-refractivity contribution is 6.33. The number of nitrogens with one attached hydrogen (secondary N) is 1. The molecule has 0 amide bonds. The summed E-state index contributed by atoms with van der Waals surface area (Å²) in [5, 5.41) is 14.3. The lowest BCUT2D eigenvalue weighted by molar-refractivity contribution is 0.0694. The summed E-state index contributed by atoms with van der Waals surface area (Å²) in [6.07, 6.45) is 3.43. The Hall–Kier alpha value is -2.08. The quantitative estimate of drug-likeness (QED) is 0.727. The number of hydrogen-bond acceptors (Lipinski definition) is 4. The summed E-state index contributed by atoms with van der Waals surface area (Å²) < 4.78 is 0. The zero-order chi connectivity index (χ0) is 20.7. The van der Waals surface area contributed by atoms with Gasteiger partial charge in [-0.3, -0.25) is 0 Å². The van der Waals surface area contributed by atoms with Crippen molar-refractivity contribution in [2.75, 3.05) is 31.1 Å². The van der Waals surface area contributed by atoms with Crippen molar-refractivity contribution in [3.05, 3.63) is 64.2 Å². The predicted molar refractivity (Wildman–Crippen MR) is 119 cm³/mol. The second-order valence-electron chi connectivity index (χ2n) is 8.77. The van der Waals surface area contributed by atoms with Gasteiger partial charge in [0.2, 0.25) is 0 Å². The van der Waals surface area contributed by atoms with Crippen molar-refractivity contribution in [2.45, 2.75) is 37.9 Å². The van der Waals surface area contributed by atoms with E-state index in [1.165, 1.54) is 25.9 Å². The van der Waals surface area contributed by atoms with Crippen molar-refractivity contribution in [1.82, 2.24) is 10.2 Å². The minimum Gasteiger partial charge on any atom is -0.478 e. The molecule has 0 aliphatic carbocycles. The fraction of sp³-hybridized carbons (Fsp3) is 0.458. The minimum atomic E-state index is -0.858. The van der Waals surface area contributed by atoms with E-state index in [0.29, 0.717) is 23.2 Å². The molecule has 0 spiro atoms. The Balaban J connectivity index is 1.39. The molecule has 1 unspecified atom stereocenters. The van der Waals surface area contributed by atoms with Crippen LogP contribution in [0.2, 0.25) is 5.02 Å². The number of rotatable bonds is 6. The van der Waals surface area contributed by atoms with Gasteiger partial charge in [0.25, 0.3) is 0 Å². The molecule has 3 fully saturated rings. The number of halogens is 1. The van der Waals surface area contributed by atoms with Crippen molar-refractivity contribution in [2.24, 2.45) is 5.92 Å². The van der Waals surface area contributed by atoms with Crippen LogP contribution in [0.15, 0.2) is 42.5 Å². The predicted octanol–water partition coefficient (Wildman–Crippen LogP) is 4.17. The Morgan fingerprint density at radius 3 is 2.63 bits per heavy atom. The molecule has 30 heavy (non-hydrogen) atoms. The van der Waals surface area contributed by atoms with Crippen LogP contribution in [0.1, 0.15) is 46.8 Å². The van der Waals surface area contributed by atoms with Crippen LogP contribution < -0.4 is 10.2 Å². The van der Waals surface area contributed by atoms with Crippen molar-refractivity contribution >= 4 is 23.3 Å². The van der Waals surface area contributed by atoms with Gasteiger partial charge in [-0.05, 0) is 74.1 Å². The average Bonchev–Trinajstić information content (AvgIpc) is 3.13. The Bertz CT molecular complexity index is 942. The third-order valence-corrected chi connectivity index (χ3v) is 7.44. The molecule has 2 N–H and O–H groups in total. The highest BCUT2D eigenvalue weighted by Crippen LogP contribution is 2.43. The Labute approximate surface area is 182 Å². The maximum absolute atomic E-state index is 12.0. The van der Waals surface area contributed by atoms with Crippen LogP contribution in [-0.2, 0) is 6.54 Å². The standard InChI is InChI=1S/C24H28ClN3O2/c25-19-6-1-2-7-21(19)28-14-17-4-3-5-18(24(29)30)23(17)22(28)8-11-26-20-15-27-12-9-16(20)10-13-27/h1-7,16,20,22,26H,8-15H2,(H,29,30)/t20?,22-/m0/s1. The highest BCUT2D eigenvalue weighted by atomic mass is 35.5. The van der Waals surface area contributed by atoms with Gasteiger partial charge in [0.05, 0.1) is 22.3 Å². The van der Waals surface area contributed by atoms with Crippen LogP contribution in [-0.4, -0.2) is 48.2 Å². The third-order valence-electron chi connectivity index (χ3n) is 7.12. The third kappa shape index (κ3) is 3.59. The second kappa shape index (κ2) is 8.22. The van der Waals surface area contributed by atoms with E-state index in [-0.39, 0.29) is 6.04 Å². The number of carboxylic acid groups (broad SMARTS) is 1. The summed E-state index contributed by atoms with van der Waals surface area (Å²) in [4.78, 5) is 16.8. The van der Waals surface area contributed by atoms with Gasteiger partial charge in [-0.2, -0.15) is 0 Å². The fourth-order valence-corrected chi connectivity index (χ4v) is 5.86. The van der Waals surface area contributed by atoms with Crippen LogP contribution in [0, 0.1) is 5.92 Å². The molecule has 2 atom stereocenters. The molecule has 4 heterocycles. The topological polar surface area (TPSA) is 55.8 Å². The van der Waals surface area contributed by atoms with E-state index >= 15 is 0 Å². The van der Waals surface area contributed by atoms with E-state index < -0.39 is 5.97 Å². The number of benzene rings is 2. The van der Waals surface area contributed by atoms with Crippen LogP contribution in [0.25, 0.3) is 0 Å². The molecule has 4 aliphatic heterocycles. The van der Waals surface area contributed by atoms with Gasteiger partial charge >= 0.3 is 5.97 Å². The summed E-state index contributed by atoms with van der Waals surface area (Å²) in [6.45, 7) is 5.17. The van der Waals surface area contributed by atoms with Gasteiger partial charge in [-0.1, -0.05) is 35.9 Å². The van der Waals surface area contributed by atoms with E-state index in [1.54, 1.807) is 6.07 Å². The first-order valence-electron chi connectivity index (χ1n) is 10.9. The van der Waals surface area contributed by atoms with Gasteiger partial charge < -0.3 is 20.2 Å². The average molecular weight is 426 g/mol. The molecule has 4 aliphatic rings. The van der Waals surface area contributed by atoms with Crippen molar-refractivity contribution in [3.63, 3.8) is 0 Å². The zero-order valence-electron chi connectivity index (χ0n) is 17.1. The van der Waals surface area contributed by atoms with E-state index in [0.717, 1.165) is 42.2 Å². The molecule has 5 nitrogen and oxygen atoms in total. The normalized spacial score (nSPS) is 27.3. The molecule has 158 valence electrons. The van der Waals surface area contributed by atoms with Crippen LogP contribution in [0.4, 0.5) is 5.69 Å². The molecular formula is C24H28ClN3O2. The van der Waals surface area contributed by atoms with E-state index in [1.807, 2.05) is 36.4 Å². The number of para-hydroxylation sites is 1. The van der Waals surface area contributed by atoms with Gasteiger partial charge in [0, 0.05) is 19.1 Å². The number of aromatic carboxylic acids is 1. The lowest BCUT2D eigenvalue weighted by Gasteiger charge is -2.45. The van der Waals surface area contributed by atoms with Gasteiger partial charge in [0.1, 0.15) is 0 Å². The molecule has 0 saturated carbocycles. The highest BCUT2D eigenvalue weighted by Gasteiger charge is 2.36.